The molecule has 1 fully saturated rings. The highest BCUT2D eigenvalue weighted by molar-refractivity contribution is 5.97. The predicted molar refractivity (Wildman–Crippen MR) is 136 cm³/mol. The molecular formula is C28H26F3N5O3. The van der Waals surface area contributed by atoms with E-state index in [0.717, 1.165) is 31.5 Å². The minimum Gasteiger partial charge on any atom is -0.487 e. The lowest BCUT2D eigenvalue weighted by atomic mass is 10.0. The van der Waals surface area contributed by atoms with Crippen molar-refractivity contribution >= 4 is 22.6 Å². The predicted octanol–water partition coefficient (Wildman–Crippen LogP) is 4.72. The quantitative estimate of drug-likeness (QED) is 0.272. The van der Waals surface area contributed by atoms with Gasteiger partial charge >= 0.3 is 6.18 Å². The van der Waals surface area contributed by atoms with Gasteiger partial charge in [-0.15, -0.1) is 0 Å². The first-order chi connectivity index (χ1) is 18.7. The zero-order valence-corrected chi connectivity index (χ0v) is 21.2. The minimum absolute atomic E-state index is 0.0600. The van der Waals surface area contributed by atoms with Crippen molar-refractivity contribution in [1.29, 1.82) is 0 Å². The molecule has 4 aromatic rings. The Morgan fingerprint density at radius 2 is 1.95 bits per heavy atom. The number of carbonyl (C=O) groups excluding carboxylic acids is 2. The zero-order valence-electron chi connectivity index (χ0n) is 21.2. The molecule has 1 aliphatic rings. The number of benzene rings is 1. The van der Waals surface area contributed by atoms with Gasteiger partial charge in [-0.05, 0) is 49.1 Å². The number of amides is 1. The first-order valence-corrected chi connectivity index (χ1v) is 12.5. The second kappa shape index (κ2) is 10.8. The molecule has 1 aliphatic carbocycles. The molecule has 1 saturated carbocycles. The standard InChI is InChI=1S/C28H26F3N5O3/c1-35(14-18-8-9-18)27(38)16-36-15-20-11-19(12-24(37)22-6-4-7-26(33-22)28(29,30)31)25(13-23(20)34-36)39-17-21-5-2-3-10-32-21/h2-7,10-11,13,15,18H,8-9,12,14,16-17H2,1H3. The van der Waals surface area contributed by atoms with Crippen LogP contribution in [0.5, 0.6) is 5.75 Å². The summed E-state index contributed by atoms with van der Waals surface area (Å²) in [4.78, 5) is 35.1. The fourth-order valence-corrected chi connectivity index (χ4v) is 4.20. The Hall–Kier alpha value is -4.28. The van der Waals surface area contributed by atoms with E-state index in [-0.39, 0.29) is 31.2 Å². The maximum absolute atomic E-state index is 13.1. The van der Waals surface area contributed by atoms with Crippen LogP contribution in [-0.2, 0) is 30.5 Å². The molecule has 39 heavy (non-hydrogen) atoms. The summed E-state index contributed by atoms with van der Waals surface area (Å²) in [7, 11) is 1.78. The van der Waals surface area contributed by atoms with E-state index in [4.69, 9.17) is 4.74 Å². The lowest BCUT2D eigenvalue weighted by molar-refractivity contribution is -0.141. The van der Waals surface area contributed by atoms with Gasteiger partial charge in [0.25, 0.3) is 0 Å². The summed E-state index contributed by atoms with van der Waals surface area (Å²) in [5.41, 5.74) is 0.245. The Balaban J connectivity index is 1.41. The number of halogens is 3. The van der Waals surface area contributed by atoms with Crippen molar-refractivity contribution in [3.05, 3.63) is 83.6 Å². The molecule has 0 aliphatic heterocycles. The van der Waals surface area contributed by atoms with Crippen molar-refractivity contribution in [3.8, 4) is 5.75 Å². The Morgan fingerprint density at radius 1 is 1.13 bits per heavy atom. The van der Waals surface area contributed by atoms with E-state index in [1.165, 1.54) is 6.07 Å². The number of ether oxygens (including phenoxy) is 1. The summed E-state index contributed by atoms with van der Waals surface area (Å²) in [6.45, 7) is 0.895. The van der Waals surface area contributed by atoms with Crippen LogP contribution in [0.4, 0.5) is 13.2 Å². The van der Waals surface area contributed by atoms with Crippen molar-refractivity contribution in [2.24, 2.45) is 5.92 Å². The summed E-state index contributed by atoms with van der Waals surface area (Å²) >= 11 is 0. The van der Waals surface area contributed by atoms with Gasteiger partial charge < -0.3 is 9.64 Å². The van der Waals surface area contributed by atoms with E-state index in [9.17, 15) is 22.8 Å². The number of hydrogen-bond acceptors (Lipinski definition) is 6. The van der Waals surface area contributed by atoms with E-state index in [2.05, 4.69) is 15.1 Å². The molecule has 0 saturated heterocycles. The van der Waals surface area contributed by atoms with E-state index >= 15 is 0 Å². The van der Waals surface area contributed by atoms with Crippen LogP contribution in [0.1, 0.15) is 40.3 Å². The summed E-state index contributed by atoms with van der Waals surface area (Å²) in [6, 6.07) is 12.0. The number of pyridine rings is 2. The maximum atomic E-state index is 13.1. The molecule has 1 amide bonds. The number of ketones is 1. The lowest BCUT2D eigenvalue weighted by Gasteiger charge is -2.16. The second-order valence-electron chi connectivity index (χ2n) is 9.68. The Labute approximate surface area is 222 Å². The molecule has 3 aromatic heterocycles. The van der Waals surface area contributed by atoms with Gasteiger partial charge in [0.15, 0.2) is 5.78 Å². The van der Waals surface area contributed by atoms with Crippen molar-refractivity contribution in [3.63, 3.8) is 0 Å². The highest BCUT2D eigenvalue weighted by atomic mass is 19.4. The van der Waals surface area contributed by atoms with Crippen molar-refractivity contribution in [2.45, 2.75) is 38.6 Å². The van der Waals surface area contributed by atoms with Crippen LogP contribution >= 0.6 is 0 Å². The highest BCUT2D eigenvalue weighted by Crippen LogP contribution is 2.31. The van der Waals surface area contributed by atoms with Crippen molar-refractivity contribution < 1.29 is 27.5 Å². The van der Waals surface area contributed by atoms with Crippen molar-refractivity contribution in [1.82, 2.24) is 24.6 Å². The minimum atomic E-state index is -4.66. The Morgan fingerprint density at radius 3 is 2.67 bits per heavy atom. The topological polar surface area (TPSA) is 90.2 Å². The lowest BCUT2D eigenvalue weighted by Crippen LogP contribution is -2.32. The number of Topliss-reactive ketones (excluding diaryl/α,β-unsaturated/α-hetero) is 1. The molecule has 3 heterocycles. The summed E-state index contributed by atoms with van der Waals surface area (Å²) in [6.07, 6.45) is 0.715. The average molecular weight is 538 g/mol. The molecule has 5 rings (SSSR count). The maximum Gasteiger partial charge on any atom is 0.433 e. The van der Waals surface area contributed by atoms with Gasteiger partial charge in [0.05, 0.1) is 11.2 Å². The zero-order chi connectivity index (χ0) is 27.6. The number of fused-ring (bicyclic) bond motifs is 1. The van der Waals surface area contributed by atoms with Crippen molar-refractivity contribution in [2.75, 3.05) is 13.6 Å². The number of alkyl halides is 3. The van der Waals surface area contributed by atoms with Crippen LogP contribution in [0.3, 0.4) is 0 Å². The van der Waals surface area contributed by atoms with Crippen LogP contribution in [-0.4, -0.2) is 49.9 Å². The van der Waals surface area contributed by atoms with Crippen LogP contribution in [0.2, 0.25) is 0 Å². The number of nitrogens with zero attached hydrogens (tertiary/aromatic N) is 5. The molecule has 0 spiro atoms. The number of rotatable bonds is 10. The van der Waals surface area contributed by atoms with Gasteiger partial charge in [-0.25, -0.2) is 4.98 Å². The number of aromatic nitrogens is 4. The molecule has 1 aromatic carbocycles. The largest absolute Gasteiger partial charge is 0.487 e. The van der Waals surface area contributed by atoms with E-state index in [0.29, 0.717) is 33.8 Å². The third kappa shape index (κ3) is 6.60. The fraction of sp³-hybridized carbons (Fsp3) is 0.321. The van der Waals surface area contributed by atoms with Gasteiger partial charge in [-0.3, -0.25) is 19.3 Å². The van der Waals surface area contributed by atoms with Gasteiger partial charge in [-0.1, -0.05) is 12.1 Å². The average Bonchev–Trinajstić information content (AvgIpc) is 3.64. The Kier molecular flexibility index (Phi) is 7.32. The normalized spacial score (nSPS) is 13.4. The molecule has 0 bridgehead atoms. The first-order valence-electron chi connectivity index (χ1n) is 12.5. The third-order valence-electron chi connectivity index (χ3n) is 6.46. The molecule has 202 valence electrons. The fourth-order valence-electron chi connectivity index (χ4n) is 4.20. The molecule has 11 heteroatoms. The van der Waals surface area contributed by atoms with Gasteiger partial charge in [0, 0.05) is 49.4 Å². The molecule has 0 unspecified atom stereocenters. The van der Waals surface area contributed by atoms with Crippen LogP contribution < -0.4 is 4.74 Å². The monoisotopic (exact) mass is 537 g/mol. The molecule has 0 radical (unpaired) electrons. The first kappa shape index (κ1) is 26.3. The van der Waals surface area contributed by atoms with Crippen LogP contribution in [0.15, 0.2) is 60.9 Å². The molecule has 0 atom stereocenters. The number of hydrogen-bond donors (Lipinski definition) is 0. The van der Waals surface area contributed by atoms with E-state index in [1.54, 1.807) is 53.3 Å². The number of likely N-dealkylation sites (N-methyl/N-ethyl adjacent to an activating group) is 1. The van der Waals surface area contributed by atoms with Crippen LogP contribution in [0, 0.1) is 5.92 Å². The Bertz CT molecular complexity index is 1500. The summed E-state index contributed by atoms with van der Waals surface area (Å²) < 4.78 is 46.9. The summed E-state index contributed by atoms with van der Waals surface area (Å²) in [5, 5.41) is 5.18. The van der Waals surface area contributed by atoms with Gasteiger partial charge in [0.2, 0.25) is 5.91 Å². The smallest absolute Gasteiger partial charge is 0.433 e. The van der Waals surface area contributed by atoms with E-state index < -0.39 is 17.7 Å². The molecule has 8 nitrogen and oxygen atoms in total. The van der Waals surface area contributed by atoms with Gasteiger partial charge in [-0.2, -0.15) is 18.3 Å². The van der Waals surface area contributed by atoms with Crippen LogP contribution in [0.25, 0.3) is 10.9 Å². The summed E-state index contributed by atoms with van der Waals surface area (Å²) in [5.74, 6) is 0.261. The van der Waals surface area contributed by atoms with E-state index in [1.807, 2.05) is 6.07 Å². The SMILES string of the molecule is CN(CC1CC1)C(=O)Cn1cc2cc(CC(=O)c3cccc(C(F)(F)F)n3)c(OCc3ccccn3)cc2n1. The third-order valence-corrected chi connectivity index (χ3v) is 6.46. The molecular weight excluding hydrogens is 511 g/mol. The molecule has 0 N–H and O–H groups in total. The van der Waals surface area contributed by atoms with Gasteiger partial charge in [0.1, 0.15) is 30.3 Å². The highest BCUT2D eigenvalue weighted by Gasteiger charge is 2.33. The number of carbonyl (C=O) groups is 2. The second-order valence-corrected chi connectivity index (χ2v) is 9.68.